The molecule has 18 heavy (non-hydrogen) atoms. The zero-order chi connectivity index (χ0) is 13.2. The van der Waals surface area contributed by atoms with Gasteiger partial charge in [-0.25, -0.2) is 0 Å². The van der Waals surface area contributed by atoms with E-state index in [0.29, 0.717) is 6.61 Å². The standard InChI is InChI=1S/C14H24N2O2/c1-3-12(15)10-13-6-7-14(11-16-13)18-9-5-4-8-17-2/h6-7,11-12H,3-5,8-10,15H2,1-2H3. The molecule has 102 valence electrons. The minimum absolute atomic E-state index is 0.193. The topological polar surface area (TPSA) is 57.4 Å². The monoisotopic (exact) mass is 252 g/mol. The summed E-state index contributed by atoms with van der Waals surface area (Å²) in [5.41, 5.74) is 6.91. The maximum Gasteiger partial charge on any atom is 0.137 e. The number of ether oxygens (including phenoxy) is 2. The fourth-order valence-electron chi connectivity index (χ4n) is 1.57. The number of rotatable bonds is 9. The molecule has 0 radical (unpaired) electrons. The summed E-state index contributed by atoms with van der Waals surface area (Å²) < 4.78 is 10.6. The number of pyridine rings is 1. The van der Waals surface area contributed by atoms with Crippen LogP contribution in [-0.2, 0) is 11.2 Å². The highest BCUT2D eigenvalue weighted by molar-refractivity contribution is 5.20. The van der Waals surface area contributed by atoms with E-state index in [4.69, 9.17) is 15.2 Å². The van der Waals surface area contributed by atoms with Crippen molar-refractivity contribution in [2.24, 2.45) is 5.73 Å². The van der Waals surface area contributed by atoms with Gasteiger partial charge in [0.2, 0.25) is 0 Å². The molecule has 1 unspecified atom stereocenters. The van der Waals surface area contributed by atoms with Gasteiger partial charge in [0.1, 0.15) is 5.75 Å². The number of aromatic nitrogens is 1. The van der Waals surface area contributed by atoms with Crippen molar-refractivity contribution in [1.82, 2.24) is 4.98 Å². The Hall–Kier alpha value is -1.13. The Balaban J connectivity index is 2.27. The summed E-state index contributed by atoms with van der Waals surface area (Å²) in [7, 11) is 1.71. The first-order valence-electron chi connectivity index (χ1n) is 6.58. The van der Waals surface area contributed by atoms with Crippen LogP contribution in [0.5, 0.6) is 5.75 Å². The lowest BCUT2D eigenvalue weighted by Gasteiger charge is -2.09. The van der Waals surface area contributed by atoms with Gasteiger partial charge in [-0.05, 0) is 31.4 Å². The third kappa shape index (κ3) is 5.98. The van der Waals surface area contributed by atoms with Gasteiger partial charge in [-0.15, -0.1) is 0 Å². The molecule has 1 heterocycles. The van der Waals surface area contributed by atoms with E-state index in [2.05, 4.69) is 11.9 Å². The van der Waals surface area contributed by atoms with E-state index in [1.807, 2.05) is 12.1 Å². The fraction of sp³-hybridized carbons (Fsp3) is 0.643. The maximum atomic E-state index is 5.89. The highest BCUT2D eigenvalue weighted by Gasteiger charge is 2.03. The lowest BCUT2D eigenvalue weighted by atomic mass is 10.1. The van der Waals surface area contributed by atoms with Gasteiger partial charge in [0.25, 0.3) is 0 Å². The van der Waals surface area contributed by atoms with E-state index in [0.717, 1.165) is 43.7 Å². The van der Waals surface area contributed by atoms with Crippen molar-refractivity contribution in [2.45, 2.75) is 38.6 Å². The van der Waals surface area contributed by atoms with Crippen molar-refractivity contribution >= 4 is 0 Å². The van der Waals surface area contributed by atoms with Gasteiger partial charge in [-0.1, -0.05) is 6.92 Å². The summed E-state index contributed by atoms with van der Waals surface area (Å²) in [5.74, 6) is 0.821. The maximum absolute atomic E-state index is 5.89. The quantitative estimate of drug-likeness (QED) is 0.684. The van der Waals surface area contributed by atoms with Crippen LogP contribution in [0.1, 0.15) is 31.9 Å². The zero-order valence-corrected chi connectivity index (χ0v) is 11.4. The van der Waals surface area contributed by atoms with Crippen LogP contribution in [-0.4, -0.2) is 31.3 Å². The van der Waals surface area contributed by atoms with Gasteiger partial charge in [-0.2, -0.15) is 0 Å². The summed E-state index contributed by atoms with van der Waals surface area (Å²) in [6.45, 7) is 3.58. The zero-order valence-electron chi connectivity index (χ0n) is 11.4. The highest BCUT2D eigenvalue weighted by atomic mass is 16.5. The summed E-state index contributed by atoms with van der Waals surface area (Å²) in [4.78, 5) is 4.35. The van der Waals surface area contributed by atoms with E-state index in [1.54, 1.807) is 13.3 Å². The van der Waals surface area contributed by atoms with Crippen molar-refractivity contribution in [3.05, 3.63) is 24.0 Å². The van der Waals surface area contributed by atoms with E-state index in [9.17, 15) is 0 Å². The lowest BCUT2D eigenvalue weighted by Crippen LogP contribution is -2.21. The molecule has 4 heteroatoms. The first-order valence-corrected chi connectivity index (χ1v) is 6.58. The van der Waals surface area contributed by atoms with Crippen LogP contribution in [0.15, 0.2) is 18.3 Å². The molecule has 1 atom stereocenters. The number of hydrogen-bond acceptors (Lipinski definition) is 4. The molecule has 1 aromatic heterocycles. The summed E-state index contributed by atoms with van der Waals surface area (Å²) in [6, 6.07) is 4.14. The van der Waals surface area contributed by atoms with E-state index in [1.165, 1.54) is 0 Å². The molecule has 0 aliphatic carbocycles. The third-order valence-electron chi connectivity index (χ3n) is 2.80. The average molecular weight is 252 g/mol. The molecule has 0 aromatic carbocycles. The van der Waals surface area contributed by atoms with Crippen molar-refractivity contribution in [3.63, 3.8) is 0 Å². The number of nitrogens with two attached hydrogens (primary N) is 1. The Bertz CT molecular complexity index is 314. The second-order valence-corrected chi connectivity index (χ2v) is 4.41. The predicted octanol–water partition coefficient (Wildman–Crippen LogP) is 2.17. The third-order valence-corrected chi connectivity index (χ3v) is 2.80. The average Bonchev–Trinajstić information content (AvgIpc) is 2.40. The molecule has 2 N–H and O–H groups in total. The minimum atomic E-state index is 0.193. The van der Waals surface area contributed by atoms with Crippen molar-refractivity contribution < 1.29 is 9.47 Å². The number of hydrogen-bond donors (Lipinski definition) is 1. The SMILES string of the molecule is CCC(N)Cc1ccc(OCCCCOC)cn1. The molecular formula is C14H24N2O2. The van der Waals surface area contributed by atoms with Gasteiger partial charge in [0.05, 0.1) is 12.8 Å². The molecule has 0 spiro atoms. The molecular weight excluding hydrogens is 228 g/mol. The fourth-order valence-corrected chi connectivity index (χ4v) is 1.57. The molecule has 0 fully saturated rings. The Labute approximate surface area is 110 Å². The Morgan fingerprint density at radius 2 is 2.06 bits per heavy atom. The molecule has 0 saturated heterocycles. The molecule has 0 saturated carbocycles. The van der Waals surface area contributed by atoms with Gasteiger partial charge < -0.3 is 15.2 Å². The summed E-state index contributed by atoms with van der Waals surface area (Å²) in [5, 5.41) is 0. The summed E-state index contributed by atoms with van der Waals surface area (Å²) >= 11 is 0. The molecule has 0 bridgehead atoms. The number of nitrogens with zero attached hydrogens (tertiary/aromatic N) is 1. The number of unbranched alkanes of at least 4 members (excludes halogenated alkanes) is 1. The second kappa shape index (κ2) is 8.89. The molecule has 0 aliphatic heterocycles. The van der Waals surface area contributed by atoms with Crippen LogP contribution in [0, 0.1) is 0 Å². The molecule has 1 rings (SSSR count). The minimum Gasteiger partial charge on any atom is -0.492 e. The van der Waals surface area contributed by atoms with Crippen LogP contribution in [0.25, 0.3) is 0 Å². The Kier molecular flexibility index (Phi) is 7.37. The Morgan fingerprint density at radius 1 is 1.28 bits per heavy atom. The Morgan fingerprint density at radius 3 is 2.67 bits per heavy atom. The molecule has 0 aliphatic rings. The van der Waals surface area contributed by atoms with Crippen molar-refractivity contribution in [3.8, 4) is 5.75 Å². The normalized spacial score (nSPS) is 12.4. The van der Waals surface area contributed by atoms with Gasteiger partial charge >= 0.3 is 0 Å². The molecule has 1 aromatic rings. The van der Waals surface area contributed by atoms with Crippen molar-refractivity contribution in [1.29, 1.82) is 0 Å². The van der Waals surface area contributed by atoms with Crippen LogP contribution < -0.4 is 10.5 Å². The molecule has 4 nitrogen and oxygen atoms in total. The van der Waals surface area contributed by atoms with E-state index < -0.39 is 0 Å². The predicted molar refractivity (Wildman–Crippen MR) is 72.8 cm³/mol. The summed E-state index contributed by atoms with van der Waals surface area (Å²) in [6.07, 6.45) is 5.59. The van der Waals surface area contributed by atoms with Gasteiger partial charge in [0, 0.05) is 31.9 Å². The first kappa shape index (κ1) is 14.9. The first-order chi connectivity index (χ1) is 8.76. The smallest absolute Gasteiger partial charge is 0.137 e. The number of methoxy groups -OCH3 is 1. The van der Waals surface area contributed by atoms with Crippen LogP contribution >= 0.6 is 0 Å². The van der Waals surface area contributed by atoms with E-state index in [-0.39, 0.29) is 6.04 Å². The largest absolute Gasteiger partial charge is 0.492 e. The van der Waals surface area contributed by atoms with Crippen LogP contribution in [0.4, 0.5) is 0 Å². The lowest BCUT2D eigenvalue weighted by molar-refractivity contribution is 0.184. The highest BCUT2D eigenvalue weighted by Crippen LogP contribution is 2.11. The molecule has 0 amide bonds. The van der Waals surface area contributed by atoms with Gasteiger partial charge in [-0.3, -0.25) is 4.98 Å². The second-order valence-electron chi connectivity index (χ2n) is 4.41. The van der Waals surface area contributed by atoms with Crippen LogP contribution in [0.2, 0.25) is 0 Å². The van der Waals surface area contributed by atoms with Crippen LogP contribution in [0.3, 0.4) is 0 Å². The van der Waals surface area contributed by atoms with Crippen molar-refractivity contribution in [2.75, 3.05) is 20.3 Å². The van der Waals surface area contributed by atoms with Gasteiger partial charge in [0.15, 0.2) is 0 Å². The van der Waals surface area contributed by atoms with E-state index >= 15 is 0 Å².